The number of halogens is 1. The zero-order valence-electron chi connectivity index (χ0n) is 33.2. The van der Waals surface area contributed by atoms with Crippen molar-refractivity contribution in [3.8, 4) is 33.8 Å². The Labute approximate surface area is 347 Å². The number of ketones is 3. The number of benzene rings is 4. The van der Waals surface area contributed by atoms with Crippen LogP contribution in [0.3, 0.4) is 0 Å². The van der Waals surface area contributed by atoms with Crippen molar-refractivity contribution in [3.63, 3.8) is 0 Å². The van der Waals surface area contributed by atoms with E-state index in [4.69, 9.17) is 22.1 Å². The van der Waals surface area contributed by atoms with Gasteiger partial charge in [0.25, 0.3) is 0 Å². The smallest absolute Gasteiger partial charge is 0.250 e. The number of unbranched alkanes of at least 4 members (excludes halogenated alkanes) is 1. The molecule has 0 fully saturated rings. The number of nitrogens with one attached hydrogen (secondary N) is 2. The molecule has 4 atom stereocenters. The first kappa shape index (κ1) is 44.2. The summed E-state index contributed by atoms with van der Waals surface area (Å²) in [5.74, 6) is -4.48. The molecule has 0 radical (unpaired) electrons. The van der Waals surface area contributed by atoms with Gasteiger partial charge >= 0.3 is 0 Å². The minimum atomic E-state index is -1.40. The molecule has 5 rings (SSSR count). The molecule has 1 heterocycles. The zero-order valence-corrected chi connectivity index (χ0v) is 34.0. The van der Waals surface area contributed by atoms with Crippen LogP contribution in [0.4, 0.5) is 0 Å². The molecular weight excluding hydrogens is 776 g/mol. The van der Waals surface area contributed by atoms with Crippen molar-refractivity contribution in [2.75, 3.05) is 27.2 Å². The number of Topliss-reactive ketones (excluding diaryl/α,β-unsaturated/α-hetero) is 3. The van der Waals surface area contributed by atoms with Crippen LogP contribution in [-0.2, 0) is 35.1 Å². The van der Waals surface area contributed by atoms with Gasteiger partial charge < -0.3 is 36.2 Å². The Hall–Kier alpha value is -5.89. The number of hydrogen-bond acceptors (Lipinski definition) is 10. The number of phenols is 2. The van der Waals surface area contributed by atoms with Crippen molar-refractivity contribution < 1.29 is 43.7 Å². The summed E-state index contributed by atoms with van der Waals surface area (Å²) in [6.45, 7) is 1.39. The quantitative estimate of drug-likeness (QED) is 0.0817. The fourth-order valence-electron chi connectivity index (χ4n) is 7.21. The lowest BCUT2D eigenvalue weighted by Gasteiger charge is -2.32. The summed E-state index contributed by atoms with van der Waals surface area (Å²) in [7, 11) is 2.68. The molecule has 0 spiro atoms. The van der Waals surface area contributed by atoms with Gasteiger partial charge in [0.05, 0.1) is 6.54 Å². The largest absolute Gasteiger partial charge is 0.507 e. The van der Waals surface area contributed by atoms with Crippen molar-refractivity contribution in [2.45, 2.75) is 63.6 Å². The number of nitrogens with two attached hydrogens (primary N) is 1. The number of phenolic OH excluding ortho intramolecular Hbond substituents is 2. The van der Waals surface area contributed by atoms with Gasteiger partial charge in [-0.1, -0.05) is 66.6 Å². The van der Waals surface area contributed by atoms with Crippen molar-refractivity contribution >= 4 is 46.7 Å². The van der Waals surface area contributed by atoms with Crippen molar-refractivity contribution in [1.29, 1.82) is 0 Å². The topological polar surface area (TPSA) is 205 Å². The molecular formula is C45H49ClN4O9. The lowest BCUT2D eigenvalue weighted by molar-refractivity contribution is -0.144. The molecule has 0 saturated heterocycles. The van der Waals surface area contributed by atoms with Crippen LogP contribution in [0.25, 0.3) is 22.3 Å². The third-order valence-corrected chi connectivity index (χ3v) is 10.7. The number of methoxy groups -OCH3 is 1. The molecule has 310 valence electrons. The highest BCUT2D eigenvalue weighted by Crippen LogP contribution is 2.39. The Morgan fingerprint density at radius 1 is 0.898 bits per heavy atom. The standard InChI is InChI=1S/C45H49ClN4O9/c1-26(51)25-48-43(56)36-21-27-7-17-37(52)34(20-27)35-22-31(14-18-38(35)53)42(40(55)24-41(59-3)44(57)49-36)50(2)45(58)32(6-4-5-19-47)23-39(54)30-10-8-28(9-11-30)29-12-15-33(46)16-13-29/h7-18,20,22,32,36,41-42,52-53H,4-6,19,21,23-25,47H2,1-3H3,(H,48,56)(H,49,57)/t32-,36+,41-,42+/m1/s1. The second-order valence-electron chi connectivity index (χ2n) is 14.8. The highest BCUT2D eigenvalue weighted by molar-refractivity contribution is 6.30. The Kier molecular flexibility index (Phi) is 15.1. The Morgan fingerprint density at radius 3 is 2.15 bits per heavy atom. The van der Waals surface area contributed by atoms with Gasteiger partial charge in [0.2, 0.25) is 17.7 Å². The molecule has 6 N–H and O–H groups in total. The highest BCUT2D eigenvalue weighted by Gasteiger charge is 2.37. The van der Waals surface area contributed by atoms with E-state index in [-0.39, 0.29) is 59.1 Å². The van der Waals surface area contributed by atoms with Gasteiger partial charge in [-0.05, 0) is 85.0 Å². The van der Waals surface area contributed by atoms with Crippen LogP contribution >= 0.6 is 11.6 Å². The summed E-state index contributed by atoms with van der Waals surface area (Å²) in [6.07, 6.45) is -0.736. The summed E-state index contributed by atoms with van der Waals surface area (Å²) >= 11 is 6.05. The minimum absolute atomic E-state index is 0.0792. The van der Waals surface area contributed by atoms with Gasteiger partial charge in [-0.25, -0.2) is 0 Å². The van der Waals surface area contributed by atoms with E-state index in [9.17, 15) is 39.0 Å². The van der Waals surface area contributed by atoms with E-state index in [0.29, 0.717) is 42.0 Å². The molecule has 13 nitrogen and oxygen atoms in total. The van der Waals surface area contributed by atoms with Gasteiger partial charge in [0.15, 0.2) is 11.6 Å². The van der Waals surface area contributed by atoms with Crippen LogP contribution in [0.15, 0.2) is 84.9 Å². The van der Waals surface area contributed by atoms with E-state index in [0.717, 1.165) is 11.1 Å². The first-order valence-electron chi connectivity index (χ1n) is 19.3. The summed E-state index contributed by atoms with van der Waals surface area (Å²) in [5, 5.41) is 27.8. The van der Waals surface area contributed by atoms with Gasteiger partial charge in [-0.15, -0.1) is 0 Å². The first-order chi connectivity index (χ1) is 28.2. The van der Waals surface area contributed by atoms with Gasteiger partial charge in [0.1, 0.15) is 35.5 Å². The van der Waals surface area contributed by atoms with E-state index in [1.165, 1.54) is 56.3 Å². The molecule has 0 saturated carbocycles. The number of rotatable bonds is 14. The average Bonchev–Trinajstić information content (AvgIpc) is 3.22. The number of nitrogens with zero attached hydrogens (tertiary/aromatic N) is 1. The number of carbonyl (C=O) groups excluding carboxylic acids is 6. The third-order valence-electron chi connectivity index (χ3n) is 10.4. The highest BCUT2D eigenvalue weighted by atomic mass is 35.5. The van der Waals surface area contributed by atoms with Crippen molar-refractivity contribution in [1.82, 2.24) is 15.5 Å². The second-order valence-corrected chi connectivity index (χ2v) is 15.2. The molecule has 1 aliphatic rings. The summed E-state index contributed by atoms with van der Waals surface area (Å²) in [6, 6.07) is 20.6. The van der Waals surface area contributed by atoms with Crippen LogP contribution in [-0.4, -0.2) is 89.6 Å². The summed E-state index contributed by atoms with van der Waals surface area (Å²) in [4.78, 5) is 82.8. The lowest BCUT2D eigenvalue weighted by Crippen LogP contribution is -2.52. The van der Waals surface area contributed by atoms with Gasteiger partial charge in [-0.2, -0.15) is 0 Å². The van der Waals surface area contributed by atoms with E-state index in [1.807, 2.05) is 24.3 Å². The SMILES string of the molecule is CO[C@@H]1CC(=O)[C@@H](N(C)C(=O)[C@H](CCCCN)CC(=O)c2ccc(-c3ccc(Cl)cc3)cc2)c2ccc(O)c(c2)-c2cc(ccc2O)C[C@@H](C(=O)NCC(C)=O)NC1=O. The second kappa shape index (κ2) is 20.2. The van der Waals surface area contributed by atoms with Crippen LogP contribution in [0.5, 0.6) is 11.5 Å². The third kappa shape index (κ3) is 11.2. The molecule has 1 aliphatic heterocycles. The maximum absolute atomic E-state index is 14.6. The number of amides is 3. The Balaban J connectivity index is 1.51. The van der Waals surface area contributed by atoms with Gasteiger partial charge in [-0.3, -0.25) is 28.8 Å². The fourth-order valence-corrected chi connectivity index (χ4v) is 7.33. The molecule has 3 amide bonds. The summed E-state index contributed by atoms with van der Waals surface area (Å²) < 4.78 is 5.48. The molecule has 4 bridgehead atoms. The number of carbonyl (C=O) groups is 6. The molecule has 4 aromatic rings. The number of hydrogen-bond donors (Lipinski definition) is 5. The van der Waals surface area contributed by atoms with Gasteiger partial charge in [0, 0.05) is 61.1 Å². The van der Waals surface area contributed by atoms with Crippen molar-refractivity contribution in [3.05, 3.63) is 107 Å². The number of fused-ring (bicyclic) bond motifs is 5. The molecule has 0 unspecified atom stereocenters. The van der Waals surface area contributed by atoms with Crippen LogP contribution in [0, 0.1) is 5.92 Å². The predicted octanol–water partition coefficient (Wildman–Crippen LogP) is 5.32. The Bertz CT molecular complexity index is 2190. The fraction of sp³-hybridized carbons (Fsp3) is 0.333. The van der Waals surface area contributed by atoms with Crippen LogP contribution in [0.1, 0.15) is 66.6 Å². The molecule has 14 heteroatoms. The zero-order chi connectivity index (χ0) is 42.8. The first-order valence-corrected chi connectivity index (χ1v) is 19.7. The normalized spacial score (nSPS) is 17.3. The van der Waals surface area contributed by atoms with E-state index in [2.05, 4.69) is 10.6 Å². The maximum Gasteiger partial charge on any atom is 0.250 e. The number of aromatic hydroxyl groups is 2. The number of likely N-dealkylation sites (N-methyl/N-ethyl adjacent to an activating group) is 1. The lowest BCUT2D eigenvalue weighted by atomic mass is 9.88. The summed E-state index contributed by atoms with van der Waals surface area (Å²) in [5.41, 5.74) is 9.05. The molecule has 0 aromatic heterocycles. The van der Waals surface area contributed by atoms with E-state index >= 15 is 0 Å². The van der Waals surface area contributed by atoms with E-state index in [1.54, 1.807) is 30.3 Å². The molecule has 0 aliphatic carbocycles. The van der Waals surface area contributed by atoms with Crippen LogP contribution in [0.2, 0.25) is 5.02 Å². The monoisotopic (exact) mass is 824 g/mol. The predicted molar refractivity (Wildman–Crippen MR) is 223 cm³/mol. The molecule has 59 heavy (non-hydrogen) atoms. The Morgan fingerprint density at radius 2 is 1.53 bits per heavy atom. The number of ether oxygens (including phenoxy) is 1. The van der Waals surface area contributed by atoms with E-state index < -0.39 is 54.0 Å². The average molecular weight is 825 g/mol. The maximum atomic E-state index is 14.6. The molecule has 4 aromatic carbocycles. The van der Waals surface area contributed by atoms with Crippen LogP contribution < -0.4 is 16.4 Å². The van der Waals surface area contributed by atoms with Crippen molar-refractivity contribution in [2.24, 2.45) is 11.7 Å². The minimum Gasteiger partial charge on any atom is -0.507 e.